The van der Waals surface area contributed by atoms with E-state index in [2.05, 4.69) is 6.58 Å². The topological polar surface area (TPSA) is 75.7 Å². The summed E-state index contributed by atoms with van der Waals surface area (Å²) in [5, 5.41) is 11.3. The molecule has 0 spiro atoms. The zero-order valence-electron chi connectivity index (χ0n) is 16.0. The molecule has 1 aliphatic heterocycles. The highest BCUT2D eigenvalue weighted by Crippen LogP contribution is 2.48. The van der Waals surface area contributed by atoms with Crippen LogP contribution in [0.15, 0.2) is 59.7 Å². The number of likely N-dealkylation sites (tertiary alicyclic amines) is 1. The van der Waals surface area contributed by atoms with Gasteiger partial charge in [0.05, 0.1) is 18.7 Å². The molecule has 3 atom stereocenters. The number of aromatic nitrogens is 1. The molecule has 2 aliphatic rings. The van der Waals surface area contributed by atoms with Crippen molar-refractivity contribution in [1.82, 2.24) is 9.47 Å². The van der Waals surface area contributed by atoms with Gasteiger partial charge in [-0.05, 0) is 36.1 Å². The quantitative estimate of drug-likeness (QED) is 0.678. The van der Waals surface area contributed by atoms with E-state index in [9.17, 15) is 14.7 Å². The first-order chi connectivity index (χ1) is 14.1. The van der Waals surface area contributed by atoms with Gasteiger partial charge in [-0.3, -0.25) is 9.59 Å². The van der Waals surface area contributed by atoms with Gasteiger partial charge >= 0.3 is 5.97 Å². The zero-order chi connectivity index (χ0) is 20.1. The fourth-order valence-corrected chi connectivity index (χ4v) is 5.23. The van der Waals surface area contributed by atoms with Gasteiger partial charge < -0.3 is 19.0 Å². The van der Waals surface area contributed by atoms with Crippen LogP contribution in [0, 0.1) is 11.8 Å². The maximum atomic E-state index is 13.3. The van der Waals surface area contributed by atoms with Crippen molar-refractivity contribution < 1.29 is 19.1 Å². The molecule has 148 valence electrons. The number of nitrogens with zero attached hydrogens (tertiary/aromatic N) is 2. The lowest BCUT2D eigenvalue weighted by Crippen LogP contribution is -2.37. The molecule has 0 bridgehead atoms. The van der Waals surface area contributed by atoms with Gasteiger partial charge in [0.1, 0.15) is 11.7 Å². The maximum Gasteiger partial charge on any atom is 0.313 e. The Morgan fingerprint density at radius 3 is 2.83 bits per heavy atom. The molecule has 1 aromatic carbocycles. The molecule has 1 N–H and O–H groups in total. The van der Waals surface area contributed by atoms with Gasteiger partial charge in [0.15, 0.2) is 0 Å². The Morgan fingerprint density at radius 2 is 2.10 bits per heavy atom. The minimum Gasteiger partial charge on any atom is -0.481 e. The number of rotatable bonds is 5. The molecule has 0 saturated carbocycles. The lowest BCUT2D eigenvalue weighted by molar-refractivity contribution is -0.145. The van der Waals surface area contributed by atoms with Crippen molar-refractivity contribution in [3.05, 3.63) is 72.3 Å². The lowest BCUT2D eigenvalue weighted by Gasteiger charge is -2.30. The SMILES string of the molecule is C=CCn1c2c(c3ccccc31)CC1CN(Cc3ccco3)C(=O)C1C2C(=O)O. The fourth-order valence-electron chi connectivity index (χ4n) is 5.23. The summed E-state index contributed by atoms with van der Waals surface area (Å²) >= 11 is 0. The zero-order valence-corrected chi connectivity index (χ0v) is 16.0. The highest BCUT2D eigenvalue weighted by atomic mass is 16.4. The van der Waals surface area contributed by atoms with Gasteiger partial charge in [-0.15, -0.1) is 6.58 Å². The van der Waals surface area contributed by atoms with Gasteiger partial charge in [-0.1, -0.05) is 24.3 Å². The third kappa shape index (κ3) is 2.63. The van der Waals surface area contributed by atoms with E-state index in [1.54, 1.807) is 23.3 Å². The number of benzene rings is 1. The number of aliphatic carboxylic acids is 1. The average Bonchev–Trinajstić information content (AvgIpc) is 3.40. The number of carbonyl (C=O) groups excluding carboxylic acids is 1. The number of carboxylic acid groups (broad SMARTS) is 1. The molecule has 29 heavy (non-hydrogen) atoms. The van der Waals surface area contributed by atoms with Crippen molar-refractivity contribution in [2.24, 2.45) is 11.8 Å². The standard InChI is InChI=1S/C23H22N2O4/c1-2-9-25-18-8-4-3-7-16(18)17-11-14-12-24(13-15-6-5-10-29-15)22(26)19(14)20(21(17)25)23(27)28/h2-8,10,14,19-20H,1,9,11-13H2,(H,27,28). The number of hydrogen-bond acceptors (Lipinski definition) is 3. The van der Waals surface area contributed by atoms with E-state index in [0.717, 1.165) is 22.2 Å². The second-order valence-corrected chi connectivity index (χ2v) is 7.88. The number of fused-ring (bicyclic) bond motifs is 4. The smallest absolute Gasteiger partial charge is 0.313 e. The van der Waals surface area contributed by atoms with Crippen LogP contribution in [0.2, 0.25) is 0 Å². The summed E-state index contributed by atoms with van der Waals surface area (Å²) in [6.45, 7) is 5.29. The second kappa shape index (κ2) is 6.65. The largest absolute Gasteiger partial charge is 0.481 e. The number of amides is 1. The van der Waals surface area contributed by atoms with Crippen LogP contribution in [0.5, 0.6) is 0 Å². The number of hydrogen-bond donors (Lipinski definition) is 1. The number of allylic oxidation sites excluding steroid dienone is 1. The van der Waals surface area contributed by atoms with E-state index in [0.29, 0.717) is 31.8 Å². The number of furan rings is 1. The molecule has 3 heterocycles. The van der Waals surface area contributed by atoms with Crippen molar-refractivity contribution in [2.45, 2.75) is 25.4 Å². The summed E-state index contributed by atoms with van der Waals surface area (Å²) in [5.74, 6) is -1.76. The van der Waals surface area contributed by atoms with E-state index in [1.165, 1.54) is 0 Å². The highest BCUT2D eigenvalue weighted by molar-refractivity contribution is 5.94. The Labute approximate surface area is 168 Å². The van der Waals surface area contributed by atoms with Crippen molar-refractivity contribution >= 4 is 22.8 Å². The van der Waals surface area contributed by atoms with Crippen LogP contribution in [0.4, 0.5) is 0 Å². The van der Waals surface area contributed by atoms with Crippen LogP contribution in [0.25, 0.3) is 10.9 Å². The summed E-state index contributed by atoms with van der Waals surface area (Å²) in [6, 6.07) is 11.6. The van der Waals surface area contributed by atoms with Crippen LogP contribution in [-0.4, -0.2) is 33.0 Å². The van der Waals surface area contributed by atoms with Crippen molar-refractivity contribution in [1.29, 1.82) is 0 Å². The summed E-state index contributed by atoms with van der Waals surface area (Å²) in [6.07, 6.45) is 4.06. The van der Waals surface area contributed by atoms with E-state index in [1.807, 2.05) is 34.9 Å². The Hall–Kier alpha value is -3.28. The number of para-hydroxylation sites is 1. The van der Waals surface area contributed by atoms with Gasteiger partial charge in [0.2, 0.25) is 5.91 Å². The third-order valence-electron chi connectivity index (χ3n) is 6.30. The van der Waals surface area contributed by atoms with E-state index in [-0.39, 0.29) is 11.8 Å². The first-order valence-corrected chi connectivity index (χ1v) is 9.85. The van der Waals surface area contributed by atoms with Crippen LogP contribution < -0.4 is 0 Å². The van der Waals surface area contributed by atoms with Gasteiger partial charge in [0.25, 0.3) is 0 Å². The summed E-state index contributed by atoms with van der Waals surface area (Å²) in [7, 11) is 0. The number of carbonyl (C=O) groups is 2. The summed E-state index contributed by atoms with van der Waals surface area (Å²) in [5.41, 5.74) is 2.82. The average molecular weight is 390 g/mol. The molecular formula is C23H22N2O4. The van der Waals surface area contributed by atoms with Crippen LogP contribution in [0.1, 0.15) is 22.9 Å². The molecule has 3 aromatic rings. The van der Waals surface area contributed by atoms with Gasteiger partial charge in [-0.25, -0.2) is 0 Å². The fraction of sp³-hybridized carbons (Fsp3) is 0.304. The van der Waals surface area contributed by atoms with E-state index >= 15 is 0 Å². The minimum atomic E-state index is -0.942. The van der Waals surface area contributed by atoms with E-state index in [4.69, 9.17) is 4.42 Å². The normalized spacial score (nSPS) is 23.2. The molecule has 0 radical (unpaired) electrons. The van der Waals surface area contributed by atoms with Crippen molar-refractivity contribution in [3.8, 4) is 0 Å². The molecule has 6 nitrogen and oxygen atoms in total. The first-order valence-electron chi connectivity index (χ1n) is 9.85. The molecule has 2 aromatic heterocycles. The summed E-state index contributed by atoms with van der Waals surface area (Å²) in [4.78, 5) is 27.4. The Kier molecular flexibility index (Phi) is 4.08. The monoisotopic (exact) mass is 390 g/mol. The molecule has 1 aliphatic carbocycles. The van der Waals surface area contributed by atoms with Crippen LogP contribution >= 0.6 is 0 Å². The van der Waals surface area contributed by atoms with Gasteiger partial charge in [0, 0.05) is 29.7 Å². The predicted molar refractivity (Wildman–Crippen MR) is 107 cm³/mol. The maximum absolute atomic E-state index is 13.3. The third-order valence-corrected chi connectivity index (χ3v) is 6.30. The molecular weight excluding hydrogens is 368 g/mol. The number of carboxylic acids is 1. The Bertz CT molecular complexity index is 1110. The molecule has 1 fully saturated rings. The predicted octanol–water partition coefficient (Wildman–Crippen LogP) is 3.42. The first kappa shape index (κ1) is 17.8. The molecule has 1 saturated heterocycles. The van der Waals surface area contributed by atoms with Crippen LogP contribution in [0.3, 0.4) is 0 Å². The summed E-state index contributed by atoms with van der Waals surface area (Å²) < 4.78 is 7.42. The van der Waals surface area contributed by atoms with E-state index < -0.39 is 17.8 Å². The molecule has 5 rings (SSSR count). The Morgan fingerprint density at radius 1 is 1.28 bits per heavy atom. The molecule has 6 heteroatoms. The van der Waals surface area contributed by atoms with Crippen molar-refractivity contribution in [3.63, 3.8) is 0 Å². The highest BCUT2D eigenvalue weighted by Gasteiger charge is 2.53. The Balaban J connectivity index is 1.62. The van der Waals surface area contributed by atoms with Crippen LogP contribution in [-0.2, 0) is 29.1 Å². The second-order valence-electron chi connectivity index (χ2n) is 7.88. The molecule has 3 unspecified atom stereocenters. The van der Waals surface area contributed by atoms with Gasteiger partial charge in [-0.2, -0.15) is 0 Å². The molecule has 1 amide bonds. The van der Waals surface area contributed by atoms with Crippen molar-refractivity contribution in [2.75, 3.05) is 6.54 Å². The minimum absolute atomic E-state index is 0.0194. The lowest BCUT2D eigenvalue weighted by atomic mass is 9.72.